The molecule has 1 aliphatic rings. The number of nitrogens with two attached hydrogens (primary N) is 1. The molecule has 2 rings (SSSR count). The van der Waals surface area contributed by atoms with E-state index in [1.165, 1.54) is 0 Å². The summed E-state index contributed by atoms with van der Waals surface area (Å²) < 4.78 is 1.73. The first-order chi connectivity index (χ1) is 8.09. The van der Waals surface area contributed by atoms with E-state index < -0.39 is 0 Å². The first-order valence-corrected chi connectivity index (χ1v) is 6.06. The van der Waals surface area contributed by atoms with Gasteiger partial charge in [-0.05, 0) is 12.8 Å². The molecule has 5 nitrogen and oxygen atoms in total. The van der Waals surface area contributed by atoms with Crippen molar-refractivity contribution in [2.24, 2.45) is 12.8 Å². The molecule has 0 saturated heterocycles. The number of hydrogen-bond acceptors (Lipinski definition) is 3. The van der Waals surface area contributed by atoms with Crippen molar-refractivity contribution in [2.45, 2.75) is 25.3 Å². The second-order valence-electron chi connectivity index (χ2n) is 4.34. The van der Waals surface area contributed by atoms with E-state index in [4.69, 9.17) is 18.0 Å². The standard InChI is InChI=1S/C11H16N4OS/c1-14-7-13-6-9(14)11(16)15(8-2-3-8)5-4-10(12)17/h6-8H,2-5H2,1H3,(H2,12,17). The van der Waals surface area contributed by atoms with Gasteiger partial charge >= 0.3 is 0 Å². The molecular weight excluding hydrogens is 236 g/mol. The Morgan fingerprint density at radius 2 is 2.41 bits per heavy atom. The highest BCUT2D eigenvalue weighted by Gasteiger charge is 2.33. The Morgan fingerprint density at radius 3 is 2.88 bits per heavy atom. The molecule has 0 aliphatic heterocycles. The first kappa shape index (κ1) is 12.0. The summed E-state index contributed by atoms with van der Waals surface area (Å²) >= 11 is 4.86. The van der Waals surface area contributed by atoms with Crippen molar-refractivity contribution in [3.05, 3.63) is 18.2 Å². The van der Waals surface area contributed by atoms with Crippen LogP contribution in [0, 0.1) is 0 Å². The number of aromatic nitrogens is 2. The van der Waals surface area contributed by atoms with Gasteiger partial charge in [-0.25, -0.2) is 4.98 Å². The molecule has 1 heterocycles. The summed E-state index contributed by atoms with van der Waals surface area (Å²) in [7, 11) is 1.82. The van der Waals surface area contributed by atoms with Gasteiger partial charge in [0, 0.05) is 26.1 Å². The smallest absolute Gasteiger partial charge is 0.272 e. The Labute approximate surface area is 106 Å². The van der Waals surface area contributed by atoms with E-state index in [1.54, 1.807) is 17.1 Å². The molecule has 2 N–H and O–H groups in total. The third-order valence-corrected chi connectivity index (χ3v) is 3.09. The van der Waals surface area contributed by atoms with Gasteiger partial charge in [0.25, 0.3) is 5.91 Å². The second kappa shape index (κ2) is 4.83. The van der Waals surface area contributed by atoms with Gasteiger partial charge in [0.1, 0.15) is 5.69 Å². The predicted molar refractivity (Wildman–Crippen MR) is 68.7 cm³/mol. The lowest BCUT2D eigenvalue weighted by Gasteiger charge is -2.22. The minimum absolute atomic E-state index is 0.0174. The number of aryl methyl sites for hydroxylation is 1. The van der Waals surface area contributed by atoms with E-state index in [9.17, 15) is 4.79 Å². The summed E-state index contributed by atoms with van der Waals surface area (Å²) in [5.74, 6) is 0.0174. The summed E-state index contributed by atoms with van der Waals surface area (Å²) in [4.78, 5) is 18.6. The van der Waals surface area contributed by atoms with E-state index in [2.05, 4.69) is 4.98 Å². The molecule has 1 fully saturated rings. The zero-order valence-corrected chi connectivity index (χ0v) is 10.6. The van der Waals surface area contributed by atoms with Gasteiger partial charge in [-0.2, -0.15) is 0 Å². The van der Waals surface area contributed by atoms with Crippen LogP contribution in [0.2, 0.25) is 0 Å². The summed E-state index contributed by atoms with van der Waals surface area (Å²) in [6, 6.07) is 0.353. The zero-order valence-electron chi connectivity index (χ0n) is 9.80. The van der Waals surface area contributed by atoms with Crippen molar-refractivity contribution in [1.29, 1.82) is 0 Å². The molecule has 0 unspecified atom stereocenters. The molecule has 0 bridgehead atoms. The van der Waals surface area contributed by atoms with Gasteiger partial charge in [-0.3, -0.25) is 4.79 Å². The number of carbonyl (C=O) groups is 1. The lowest BCUT2D eigenvalue weighted by molar-refractivity contribution is 0.0738. The highest BCUT2D eigenvalue weighted by atomic mass is 32.1. The molecule has 17 heavy (non-hydrogen) atoms. The normalized spacial score (nSPS) is 14.6. The fourth-order valence-corrected chi connectivity index (χ4v) is 1.87. The number of hydrogen-bond donors (Lipinski definition) is 1. The summed E-state index contributed by atoms with van der Waals surface area (Å²) in [6.45, 7) is 0.601. The lowest BCUT2D eigenvalue weighted by atomic mass is 10.3. The molecule has 0 atom stereocenters. The zero-order chi connectivity index (χ0) is 12.4. The Bertz CT molecular complexity index is 438. The summed E-state index contributed by atoms with van der Waals surface area (Å²) in [5.41, 5.74) is 6.10. The first-order valence-electron chi connectivity index (χ1n) is 5.65. The van der Waals surface area contributed by atoms with Gasteiger partial charge < -0.3 is 15.2 Å². The number of thiocarbonyl (C=S) groups is 1. The van der Waals surface area contributed by atoms with Crippen molar-refractivity contribution in [3.8, 4) is 0 Å². The molecule has 1 aromatic heterocycles. The fraction of sp³-hybridized carbons (Fsp3) is 0.545. The number of rotatable bonds is 5. The fourth-order valence-electron chi connectivity index (χ4n) is 1.78. The number of amides is 1. The van der Waals surface area contributed by atoms with Crippen molar-refractivity contribution in [1.82, 2.24) is 14.5 Å². The van der Waals surface area contributed by atoms with Crippen LogP contribution >= 0.6 is 12.2 Å². The van der Waals surface area contributed by atoms with Crippen LogP contribution in [-0.4, -0.2) is 37.9 Å². The Kier molecular flexibility index (Phi) is 3.42. The SMILES string of the molecule is Cn1cncc1C(=O)N(CCC(N)=S)C1CC1. The monoisotopic (exact) mass is 252 g/mol. The maximum atomic E-state index is 12.3. The molecule has 1 amide bonds. The van der Waals surface area contributed by atoms with Crippen molar-refractivity contribution < 1.29 is 4.79 Å². The topological polar surface area (TPSA) is 64.2 Å². The molecule has 1 aliphatic carbocycles. The molecule has 1 saturated carbocycles. The van der Waals surface area contributed by atoms with E-state index in [0.717, 1.165) is 12.8 Å². The number of nitrogens with zero attached hydrogens (tertiary/aromatic N) is 3. The number of imidazole rings is 1. The van der Waals surface area contributed by atoms with E-state index >= 15 is 0 Å². The molecule has 0 spiro atoms. The van der Waals surface area contributed by atoms with Gasteiger partial charge in [0.05, 0.1) is 17.5 Å². The van der Waals surface area contributed by atoms with E-state index in [1.807, 2.05) is 11.9 Å². The van der Waals surface area contributed by atoms with E-state index in [-0.39, 0.29) is 5.91 Å². The predicted octanol–water partition coefficient (Wildman–Crippen LogP) is 0.701. The van der Waals surface area contributed by atoms with Crippen LogP contribution in [0.5, 0.6) is 0 Å². The minimum atomic E-state index is 0.0174. The van der Waals surface area contributed by atoms with Crippen molar-refractivity contribution in [2.75, 3.05) is 6.54 Å². The van der Waals surface area contributed by atoms with Gasteiger partial charge in [0.2, 0.25) is 0 Å². The van der Waals surface area contributed by atoms with Crippen LogP contribution in [0.25, 0.3) is 0 Å². The number of carbonyl (C=O) groups excluding carboxylic acids is 1. The highest BCUT2D eigenvalue weighted by molar-refractivity contribution is 7.80. The molecule has 0 radical (unpaired) electrons. The van der Waals surface area contributed by atoms with Crippen molar-refractivity contribution >= 4 is 23.1 Å². The van der Waals surface area contributed by atoms with Crippen LogP contribution < -0.4 is 5.73 Å². The Morgan fingerprint density at radius 1 is 1.71 bits per heavy atom. The van der Waals surface area contributed by atoms with Crippen molar-refractivity contribution in [3.63, 3.8) is 0 Å². The largest absolute Gasteiger partial charge is 0.393 e. The summed E-state index contributed by atoms with van der Waals surface area (Å²) in [6.07, 6.45) is 5.95. The van der Waals surface area contributed by atoms with Gasteiger partial charge in [0.15, 0.2) is 0 Å². The van der Waals surface area contributed by atoms with Crippen LogP contribution in [0.15, 0.2) is 12.5 Å². The maximum absolute atomic E-state index is 12.3. The maximum Gasteiger partial charge on any atom is 0.272 e. The highest BCUT2D eigenvalue weighted by Crippen LogP contribution is 2.28. The second-order valence-corrected chi connectivity index (χ2v) is 4.86. The quantitative estimate of drug-likeness (QED) is 0.784. The minimum Gasteiger partial charge on any atom is -0.393 e. The molecule has 6 heteroatoms. The molecule has 92 valence electrons. The third-order valence-electron chi connectivity index (χ3n) is 2.88. The summed E-state index contributed by atoms with van der Waals surface area (Å²) in [5, 5.41) is 0. The van der Waals surface area contributed by atoms with Gasteiger partial charge in [-0.15, -0.1) is 0 Å². The van der Waals surface area contributed by atoms with E-state index in [0.29, 0.717) is 29.7 Å². The Hall–Kier alpha value is -1.43. The van der Waals surface area contributed by atoms with Gasteiger partial charge in [-0.1, -0.05) is 12.2 Å². The average molecular weight is 252 g/mol. The molecule has 1 aromatic rings. The van der Waals surface area contributed by atoms with Crippen LogP contribution in [-0.2, 0) is 7.05 Å². The molecule has 0 aromatic carbocycles. The lowest BCUT2D eigenvalue weighted by Crippen LogP contribution is -2.36. The van der Waals surface area contributed by atoms with Crippen LogP contribution in [0.4, 0.5) is 0 Å². The average Bonchev–Trinajstić information content (AvgIpc) is 3.00. The van der Waals surface area contributed by atoms with Crippen LogP contribution in [0.1, 0.15) is 29.8 Å². The third kappa shape index (κ3) is 2.82. The molecular formula is C11H16N4OS. The van der Waals surface area contributed by atoms with Crippen LogP contribution in [0.3, 0.4) is 0 Å². The Balaban J connectivity index is 2.08.